The van der Waals surface area contributed by atoms with E-state index in [1.54, 1.807) is 45.2 Å². The third-order valence-electron chi connectivity index (χ3n) is 6.23. The van der Waals surface area contributed by atoms with Crippen LogP contribution < -0.4 is 15.0 Å². The van der Waals surface area contributed by atoms with Crippen molar-refractivity contribution in [2.75, 3.05) is 17.3 Å². The molecule has 0 radical (unpaired) electrons. The lowest BCUT2D eigenvalue weighted by molar-refractivity contribution is -0.137. The highest BCUT2D eigenvalue weighted by molar-refractivity contribution is 6.23. The summed E-state index contributed by atoms with van der Waals surface area (Å²) >= 11 is 0. The number of hydrogen-bond donors (Lipinski definition) is 1. The number of carbonyl (C=O) groups excluding carboxylic acids is 2. The Morgan fingerprint density at radius 2 is 1.70 bits per heavy atom. The summed E-state index contributed by atoms with van der Waals surface area (Å²) in [7, 11) is 1.57. The SMILES string of the molecule is COc1ccc(Nc2ccccc2CN2C(=O)N(c3ccc(C#N)c(C(F)(F)F)c3)C(=O)C2(C)C)cc1. The fourth-order valence-electron chi connectivity index (χ4n) is 4.11. The zero-order valence-corrected chi connectivity index (χ0v) is 20.3. The molecule has 1 N–H and O–H groups in total. The third kappa shape index (κ3) is 4.80. The molecule has 7 nitrogen and oxygen atoms in total. The van der Waals surface area contributed by atoms with Gasteiger partial charge in [0.05, 0.1) is 36.5 Å². The van der Waals surface area contributed by atoms with Crippen molar-refractivity contribution in [3.63, 3.8) is 0 Å². The minimum Gasteiger partial charge on any atom is -0.497 e. The van der Waals surface area contributed by atoms with Gasteiger partial charge in [-0.1, -0.05) is 18.2 Å². The van der Waals surface area contributed by atoms with Gasteiger partial charge in [-0.3, -0.25) is 4.79 Å². The number of imide groups is 1. The van der Waals surface area contributed by atoms with Crippen LogP contribution in [0.5, 0.6) is 5.75 Å². The molecule has 0 spiro atoms. The zero-order valence-electron chi connectivity index (χ0n) is 20.3. The number of benzene rings is 3. The number of anilines is 3. The van der Waals surface area contributed by atoms with E-state index < -0.39 is 34.8 Å². The van der Waals surface area contributed by atoms with Crippen molar-refractivity contribution in [1.82, 2.24) is 4.90 Å². The van der Waals surface area contributed by atoms with Crippen LogP contribution in [0.3, 0.4) is 0 Å². The predicted octanol–water partition coefficient (Wildman–Crippen LogP) is 6.08. The Morgan fingerprint density at radius 3 is 2.32 bits per heavy atom. The van der Waals surface area contributed by atoms with Gasteiger partial charge in [-0.25, -0.2) is 9.69 Å². The number of nitrogens with zero attached hydrogens (tertiary/aromatic N) is 3. The molecule has 1 aliphatic rings. The van der Waals surface area contributed by atoms with Crippen LogP contribution in [0.2, 0.25) is 0 Å². The summed E-state index contributed by atoms with van der Waals surface area (Å²) in [5, 5.41) is 12.4. The maximum absolute atomic E-state index is 13.5. The minimum absolute atomic E-state index is 0.0236. The second-order valence-corrected chi connectivity index (χ2v) is 8.92. The molecule has 0 aromatic heterocycles. The van der Waals surface area contributed by atoms with Crippen molar-refractivity contribution in [3.8, 4) is 11.8 Å². The zero-order chi connectivity index (χ0) is 27.0. The topological polar surface area (TPSA) is 85.7 Å². The molecule has 0 unspecified atom stereocenters. The van der Waals surface area contributed by atoms with Crippen LogP contribution in [0.25, 0.3) is 0 Å². The summed E-state index contributed by atoms with van der Waals surface area (Å²) < 4.78 is 45.7. The molecule has 10 heteroatoms. The lowest BCUT2D eigenvalue weighted by Crippen LogP contribution is -2.43. The first-order valence-corrected chi connectivity index (χ1v) is 11.2. The smallest absolute Gasteiger partial charge is 0.417 e. The molecular weight excluding hydrogens is 485 g/mol. The normalized spacial score (nSPS) is 15.1. The van der Waals surface area contributed by atoms with Gasteiger partial charge in [0.1, 0.15) is 11.3 Å². The Bertz CT molecular complexity index is 1400. The number of ether oxygens (including phenoxy) is 1. The number of halogens is 3. The second kappa shape index (κ2) is 9.50. The van der Waals surface area contributed by atoms with Gasteiger partial charge < -0.3 is 15.0 Å². The van der Waals surface area contributed by atoms with Crippen LogP contribution in [0.15, 0.2) is 66.7 Å². The molecule has 0 saturated carbocycles. The summed E-state index contributed by atoms with van der Waals surface area (Å²) in [6.45, 7) is 3.11. The maximum Gasteiger partial charge on any atom is 0.417 e. The molecule has 3 aromatic rings. The van der Waals surface area contributed by atoms with E-state index in [2.05, 4.69) is 5.32 Å². The van der Waals surface area contributed by atoms with E-state index in [9.17, 15) is 22.8 Å². The van der Waals surface area contributed by atoms with E-state index in [0.29, 0.717) is 23.1 Å². The molecule has 1 heterocycles. The number of rotatable bonds is 6. The van der Waals surface area contributed by atoms with Crippen LogP contribution in [0.1, 0.15) is 30.5 Å². The first-order valence-electron chi connectivity index (χ1n) is 11.2. The van der Waals surface area contributed by atoms with E-state index in [1.165, 1.54) is 17.0 Å². The molecule has 1 fully saturated rings. The number of methoxy groups -OCH3 is 1. The molecule has 37 heavy (non-hydrogen) atoms. The highest BCUT2D eigenvalue weighted by Crippen LogP contribution is 2.38. The van der Waals surface area contributed by atoms with Crippen LogP contribution >= 0.6 is 0 Å². The van der Waals surface area contributed by atoms with E-state index >= 15 is 0 Å². The van der Waals surface area contributed by atoms with Crippen LogP contribution in [-0.2, 0) is 17.5 Å². The van der Waals surface area contributed by atoms with Gasteiger partial charge in [0, 0.05) is 11.4 Å². The number of hydrogen-bond acceptors (Lipinski definition) is 5. The Hall–Kier alpha value is -4.52. The Labute approximate surface area is 211 Å². The Kier molecular flexibility index (Phi) is 6.57. The van der Waals surface area contributed by atoms with Crippen molar-refractivity contribution in [3.05, 3.63) is 83.4 Å². The average Bonchev–Trinajstić information content (AvgIpc) is 3.03. The van der Waals surface area contributed by atoms with Crippen LogP contribution in [-0.4, -0.2) is 29.5 Å². The first kappa shape index (κ1) is 25.6. The average molecular weight is 509 g/mol. The van der Waals surface area contributed by atoms with Crippen molar-refractivity contribution in [1.29, 1.82) is 5.26 Å². The molecule has 0 atom stereocenters. The molecule has 1 aliphatic heterocycles. The van der Waals surface area contributed by atoms with Gasteiger partial charge >= 0.3 is 12.2 Å². The molecule has 1 saturated heterocycles. The van der Waals surface area contributed by atoms with E-state index in [0.717, 1.165) is 16.7 Å². The van der Waals surface area contributed by atoms with E-state index in [-0.39, 0.29) is 12.2 Å². The van der Waals surface area contributed by atoms with Crippen LogP contribution in [0.4, 0.5) is 35.0 Å². The van der Waals surface area contributed by atoms with Gasteiger partial charge in [-0.2, -0.15) is 18.4 Å². The monoisotopic (exact) mass is 508 g/mol. The predicted molar refractivity (Wildman–Crippen MR) is 131 cm³/mol. The number of alkyl halides is 3. The number of amides is 3. The summed E-state index contributed by atoms with van der Waals surface area (Å²) in [6.07, 6.45) is -4.83. The number of nitriles is 1. The molecule has 0 bridgehead atoms. The molecular formula is C27H23F3N4O3. The molecule has 190 valence electrons. The third-order valence-corrected chi connectivity index (χ3v) is 6.23. The number of urea groups is 1. The second-order valence-electron chi connectivity index (χ2n) is 8.92. The fourth-order valence-corrected chi connectivity index (χ4v) is 4.11. The van der Waals surface area contributed by atoms with Crippen molar-refractivity contribution in [2.45, 2.75) is 32.1 Å². The van der Waals surface area contributed by atoms with Crippen molar-refractivity contribution in [2.24, 2.45) is 0 Å². The van der Waals surface area contributed by atoms with E-state index in [4.69, 9.17) is 10.00 Å². The Morgan fingerprint density at radius 1 is 1.03 bits per heavy atom. The largest absolute Gasteiger partial charge is 0.497 e. The molecule has 0 aliphatic carbocycles. The minimum atomic E-state index is -4.83. The quantitative estimate of drug-likeness (QED) is 0.408. The van der Waals surface area contributed by atoms with Crippen LogP contribution in [0, 0.1) is 11.3 Å². The lowest BCUT2D eigenvalue weighted by Gasteiger charge is -2.28. The Balaban J connectivity index is 1.66. The van der Waals surface area contributed by atoms with Crippen molar-refractivity contribution < 1.29 is 27.5 Å². The van der Waals surface area contributed by atoms with Gasteiger partial charge in [0.15, 0.2) is 0 Å². The highest BCUT2D eigenvalue weighted by Gasteiger charge is 2.52. The van der Waals surface area contributed by atoms with Gasteiger partial charge in [0.25, 0.3) is 5.91 Å². The van der Waals surface area contributed by atoms with Crippen molar-refractivity contribution >= 4 is 29.0 Å². The van der Waals surface area contributed by atoms with Gasteiger partial charge in [-0.15, -0.1) is 0 Å². The number of para-hydroxylation sites is 1. The maximum atomic E-state index is 13.5. The number of nitrogens with one attached hydrogen (secondary N) is 1. The highest BCUT2D eigenvalue weighted by atomic mass is 19.4. The lowest BCUT2D eigenvalue weighted by atomic mass is 10.0. The summed E-state index contributed by atoms with van der Waals surface area (Å²) in [4.78, 5) is 28.8. The van der Waals surface area contributed by atoms with Gasteiger partial charge in [0.2, 0.25) is 0 Å². The first-order chi connectivity index (χ1) is 17.5. The number of carbonyl (C=O) groups is 2. The fraction of sp³-hybridized carbons (Fsp3) is 0.222. The van der Waals surface area contributed by atoms with E-state index in [1.807, 2.05) is 24.3 Å². The van der Waals surface area contributed by atoms with Gasteiger partial charge in [-0.05, 0) is 67.9 Å². The molecule has 4 rings (SSSR count). The standard InChI is InChI=1S/C27H23F3N4O3/c1-26(2)24(35)34(20-11-8-17(15-31)22(14-20)27(28,29)30)25(36)33(26)16-18-6-4-5-7-23(18)32-19-9-12-21(37-3)13-10-19/h4-14,32H,16H2,1-3H3. The summed E-state index contributed by atoms with van der Waals surface area (Å²) in [5.74, 6) is 0.0225. The summed E-state index contributed by atoms with van der Waals surface area (Å²) in [6, 6.07) is 18.0. The molecule has 3 amide bonds. The molecule has 3 aromatic carbocycles. The summed E-state index contributed by atoms with van der Waals surface area (Å²) in [5.41, 5.74) is -1.22.